The van der Waals surface area contributed by atoms with Crippen molar-refractivity contribution >= 4 is 5.82 Å². The largest absolute Gasteiger partial charge is 0.375 e. The molecule has 7 heteroatoms. The van der Waals surface area contributed by atoms with Gasteiger partial charge in [0.05, 0.1) is 19.0 Å². The van der Waals surface area contributed by atoms with Crippen LogP contribution in [-0.4, -0.2) is 45.7 Å². The number of aromatic amines is 1. The molecule has 0 aromatic carbocycles. The molecule has 2 aromatic heterocycles. The summed E-state index contributed by atoms with van der Waals surface area (Å²) in [6, 6.07) is 3.46. The molecule has 116 valence electrons. The van der Waals surface area contributed by atoms with E-state index in [1.807, 2.05) is 13.0 Å². The van der Waals surface area contributed by atoms with Crippen molar-refractivity contribution in [2.45, 2.75) is 25.9 Å². The van der Waals surface area contributed by atoms with Gasteiger partial charge in [-0.3, -0.25) is 4.79 Å². The highest BCUT2D eigenvalue weighted by Gasteiger charge is 2.21. The second-order valence-electron chi connectivity index (χ2n) is 5.34. The fourth-order valence-electron chi connectivity index (χ4n) is 2.58. The molecular formula is C15H19N5O2. The van der Waals surface area contributed by atoms with Crippen LogP contribution in [0.1, 0.15) is 17.9 Å². The predicted molar refractivity (Wildman–Crippen MR) is 81.9 cm³/mol. The number of aryl methyl sites for hydroxylation is 2. The minimum absolute atomic E-state index is 0.116. The number of H-pyrrole nitrogens is 1. The molecule has 1 aliphatic heterocycles. The summed E-state index contributed by atoms with van der Waals surface area (Å²) in [6.07, 6.45) is 4.89. The van der Waals surface area contributed by atoms with E-state index < -0.39 is 0 Å². The van der Waals surface area contributed by atoms with Crippen LogP contribution in [0.15, 0.2) is 29.5 Å². The zero-order valence-electron chi connectivity index (χ0n) is 12.5. The first-order chi connectivity index (χ1) is 10.7. The molecule has 0 aliphatic carbocycles. The molecule has 0 unspecified atom stereocenters. The molecular weight excluding hydrogens is 282 g/mol. The van der Waals surface area contributed by atoms with Gasteiger partial charge >= 0.3 is 0 Å². The van der Waals surface area contributed by atoms with Gasteiger partial charge in [-0.15, -0.1) is 0 Å². The molecule has 1 aliphatic rings. The van der Waals surface area contributed by atoms with Gasteiger partial charge in [0, 0.05) is 31.0 Å². The van der Waals surface area contributed by atoms with Crippen LogP contribution < -0.4 is 10.5 Å². The Bertz CT molecular complexity index is 687. The van der Waals surface area contributed by atoms with Crippen LogP contribution in [0.2, 0.25) is 0 Å². The van der Waals surface area contributed by atoms with E-state index in [-0.39, 0.29) is 11.7 Å². The highest BCUT2D eigenvalue weighted by atomic mass is 16.5. The third kappa shape index (κ3) is 3.67. The van der Waals surface area contributed by atoms with Gasteiger partial charge < -0.3 is 14.6 Å². The summed E-state index contributed by atoms with van der Waals surface area (Å²) in [5, 5.41) is 0. The van der Waals surface area contributed by atoms with Crippen LogP contribution in [0, 0.1) is 6.92 Å². The summed E-state index contributed by atoms with van der Waals surface area (Å²) in [5.41, 5.74) is 0.676. The zero-order valence-corrected chi connectivity index (χ0v) is 12.5. The maximum absolute atomic E-state index is 11.3. The molecule has 1 N–H and O–H groups in total. The molecule has 1 atom stereocenters. The Morgan fingerprint density at radius 2 is 2.36 bits per heavy atom. The van der Waals surface area contributed by atoms with Crippen molar-refractivity contribution in [1.82, 2.24) is 19.9 Å². The maximum Gasteiger partial charge on any atom is 0.250 e. The minimum Gasteiger partial charge on any atom is -0.375 e. The lowest BCUT2D eigenvalue weighted by atomic mass is 10.1. The van der Waals surface area contributed by atoms with Crippen molar-refractivity contribution in [3.8, 4) is 0 Å². The van der Waals surface area contributed by atoms with Crippen molar-refractivity contribution in [3.05, 3.63) is 46.5 Å². The summed E-state index contributed by atoms with van der Waals surface area (Å²) in [4.78, 5) is 28.8. The number of rotatable bonds is 4. The number of hydrogen-bond acceptors (Lipinski definition) is 6. The fraction of sp³-hybridized carbons (Fsp3) is 0.467. The van der Waals surface area contributed by atoms with Gasteiger partial charge in [0.2, 0.25) is 0 Å². The first-order valence-electron chi connectivity index (χ1n) is 7.40. The van der Waals surface area contributed by atoms with Crippen molar-refractivity contribution in [2.24, 2.45) is 0 Å². The number of nitrogens with zero attached hydrogens (tertiary/aromatic N) is 4. The fourth-order valence-corrected chi connectivity index (χ4v) is 2.58. The molecule has 7 nitrogen and oxygen atoms in total. The minimum atomic E-state index is -0.118. The molecule has 0 saturated carbocycles. The van der Waals surface area contributed by atoms with Gasteiger partial charge in [-0.2, -0.15) is 0 Å². The second-order valence-corrected chi connectivity index (χ2v) is 5.34. The van der Waals surface area contributed by atoms with E-state index in [9.17, 15) is 4.79 Å². The summed E-state index contributed by atoms with van der Waals surface area (Å²) in [5.74, 6) is 1.71. The Morgan fingerprint density at radius 1 is 1.45 bits per heavy atom. The van der Waals surface area contributed by atoms with Gasteiger partial charge in [-0.25, -0.2) is 15.0 Å². The number of aromatic nitrogens is 4. The average Bonchev–Trinajstić information content (AvgIpc) is 2.53. The van der Waals surface area contributed by atoms with Crippen LogP contribution >= 0.6 is 0 Å². The molecule has 0 amide bonds. The van der Waals surface area contributed by atoms with Crippen LogP contribution in [0.4, 0.5) is 5.82 Å². The van der Waals surface area contributed by atoms with Gasteiger partial charge in [-0.05, 0) is 25.8 Å². The SMILES string of the molecule is Cc1nccc(N2CCO[C@H](CCc3cc(=O)[nH]cn3)C2)n1. The monoisotopic (exact) mass is 301 g/mol. The van der Waals surface area contributed by atoms with E-state index in [0.717, 1.165) is 43.3 Å². The lowest BCUT2D eigenvalue weighted by Gasteiger charge is -2.33. The van der Waals surface area contributed by atoms with E-state index in [1.165, 1.54) is 12.4 Å². The molecule has 22 heavy (non-hydrogen) atoms. The van der Waals surface area contributed by atoms with Crippen molar-refractivity contribution < 1.29 is 4.74 Å². The summed E-state index contributed by atoms with van der Waals surface area (Å²) in [7, 11) is 0. The molecule has 3 rings (SSSR count). The Hall–Kier alpha value is -2.28. The Kier molecular flexibility index (Phi) is 4.43. The van der Waals surface area contributed by atoms with E-state index in [1.54, 1.807) is 6.20 Å². The number of morpholine rings is 1. The summed E-state index contributed by atoms with van der Waals surface area (Å²) in [6.45, 7) is 4.19. The molecule has 1 saturated heterocycles. The van der Waals surface area contributed by atoms with E-state index in [2.05, 4.69) is 24.8 Å². The zero-order chi connectivity index (χ0) is 15.4. The molecule has 0 bridgehead atoms. The first kappa shape index (κ1) is 14.6. The first-order valence-corrected chi connectivity index (χ1v) is 7.40. The third-order valence-electron chi connectivity index (χ3n) is 3.68. The third-order valence-corrected chi connectivity index (χ3v) is 3.68. The Labute approximate surface area is 128 Å². The predicted octanol–water partition coefficient (Wildman–Crippen LogP) is 0.706. The lowest BCUT2D eigenvalue weighted by molar-refractivity contribution is 0.0350. The van der Waals surface area contributed by atoms with Crippen LogP contribution in [0.5, 0.6) is 0 Å². The van der Waals surface area contributed by atoms with E-state index in [0.29, 0.717) is 6.61 Å². The quantitative estimate of drug-likeness (QED) is 0.895. The number of nitrogens with one attached hydrogen (secondary N) is 1. The standard InChI is InChI=1S/C15H19N5O2/c1-11-16-5-4-14(19-11)20-6-7-22-13(9-20)3-2-12-8-15(21)18-10-17-12/h4-5,8,10,13H,2-3,6-7,9H2,1H3,(H,17,18,21)/t13-/m1/s1. The average molecular weight is 301 g/mol. The smallest absolute Gasteiger partial charge is 0.250 e. The van der Waals surface area contributed by atoms with Gasteiger partial charge in [0.15, 0.2) is 0 Å². The maximum atomic E-state index is 11.3. The van der Waals surface area contributed by atoms with Crippen molar-refractivity contribution in [2.75, 3.05) is 24.6 Å². The summed E-state index contributed by atoms with van der Waals surface area (Å²) < 4.78 is 5.81. The Morgan fingerprint density at radius 3 is 3.18 bits per heavy atom. The number of ether oxygens (including phenoxy) is 1. The molecule has 2 aromatic rings. The van der Waals surface area contributed by atoms with Crippen LogP contribution in [0.25, 0.3) is 0 Å². The van der Waals surface area contributed by atoms with E-state index >= 15 is 0 Å². The highest BCUT2D eigenvalue weighted by molar-refractivity contribution is 5.38. The summed E-state index contributed by atoms with van der Waals surface area (Å²) >= 11 is 0. The lowest BCUT2D eigenvalue weighted by Crippen LogP contribution is -2.43. The van der Waals surface area contributed by atoms with Gasteiger partial charge in [0.25, 0.3) is 5.56 Å². The van der Waals surface area contributed by atoms with E-state index in [4.69, 9.17) is 4.74 Å². The molecule has 0 radical (unpaired) electrons. The highest BCUT2D eigenvalue weighted by Crippen LogP contribution is 2.17. The van der Waals surface area contributed by atoms with Crippen molar-refractivity contribution in [1.29, 1.82) is 0 Å². The molecule has 1 fully saturated rings. The van der Waals surface area contributed by atoms with Crippen LogP contribution in [0.3, 0.4) is 0 Å². The normalized spacial score (nSPS) is 18.4. The molecule has 3 heterocycles. The molecule has 0 spiro atoms. The number of anilines is 1. The van der Waals surface area contributed by atoms with Gasteiger partial charge in [-0.1, -0.05) is 0 Å². The Balaban J connectivity index is 1.60. The van der Waals surface area contributed by atoms with Crippen LogP contribution in [-0.2, 0) is 11.2 Å². The number of hydrogen-bond donors (Lipinski definition) is 1. The second kappa shape index (κ2) is 6.65. The van der Waals surface area contributed by atoms with Crippen molar-refractivity contribution in [3.63, 3.8) is 0 Å². The topological polar surface area (TPSA) is 84.0 Å². The van der Waals surface area contributed by atoms with Gasteiger partial charge in [0.1, 0.15) is 11.6 Å².